The molecule has 0 aliphatic heterocycles. The Kier molecular flexibility index (Phi) is 7.61. The van der Waals surface area contributed by atoms with Crippen LogP contribution in [0, 0.1) is 11.3 Å². The average Bonchev–Trinajstić information content (AvgIpc) is 2.74. The van der Waals surface area contributed by atoms with Crippen LogP contribution in [-0.2, 0) is 16.0 Å². The van der Waals surface area contributed by atoms with E-state index in [9.17, 15) is 14.9 Å². The van der Waals surface area contributed by atoms with E-state index in [4.69, 9.17) is 9.47 Å². The summed E-state index contributed by atoms with van der Waals surface area (Å²) in [6, 6.07) is 16.0. The molecule has 0 heterocycles. The quantitative estimate of drug-likeness (QED) is 0.415. The van der Waals surface area contributed by atoms with Gasteiger partial charge in [-0.2, -0.15) is 5.26 Å². The van der Waals surface area contributed by atoms with Gasteiger partial charge in [-0.1, -0.05) is 24.3 Å². The fraction of sp³-hybridized carbons (Fsp3) is 0.190. The fourth-order valence-corrected chi connectivity index (χ4v) is 2.40. The first-order valence-corrected chi connectivity index (χ1v) is 8.54. The van der Waals surface area contributed by atoms with Crippen molar-refractivity contribution >= 4 is 17.6 Å². The van der Waals surface area contributed by atoms with Gasteiger partial charge in [0.1, 0.15) is 17.4 Å². The standard InChI is InChI=1S/C21H21N3O4/c1-27-17-9-7-15(8-10-17)11-12-23-20(25)16(13-22)14-24-19-6-4-3-5-18(19)21(26)28-2/h3-10,14,24H,11-12H2,1-2H3,(H,23,25)/b16-14-. The van der Waals surface area contributed by atoms with E-state index in [0.29, 0.717) is 24.2 Å². The van der Waals surface area contributed by atoms with E-state index < -0.39 is 11.9 Å². The molecule has 7 heteroatoms. The summed E-state index contributed by atoms with van der Waals surface area (Å²) >= 11 is 0. The molecule has 0 bridgehead atoms. The average molecular weight is 379 g/mol. The minimum absolute atomic E-state index is 0.102. The molecule has 0 unspecified atom stereocenters. The second-order valence-electron chi connectivity index (χ2n) is 5.71. The maximum atomic E-state index is 12.2. The molecular formula is C21H21N3O4. The molecule has 144 valence electrons. The normalized spacial score (nSPS) is 10.5. The zero-order chi connectivity index (χ0) is 20.4. The Balaban J connectivity index is 1.95. The molecule has 2 rings (SSSR count). The number of ether oxygens (including phenoxy) is 2. The van der Waals surface area contributed by atoms with E-state index >= 15 is 0 Å². The molecule has 28 heavy (non-hydrogen) atoms. The second-order valence-corrected chi connectivity index (χ2v) is 5.71. The summed E-state index contributed by atoms with van der Waals surface area (Å²) in [4.78, 5) is 24.0. The summed E-state index contributed by atoms with van der Waals surface area (Å²) in [5, 5.41) is 14.8. The number of nitrogens with one attached hydrogen (secondary N) is 2. The second kappa shape index (κ2) is 10.4. The smallest absolute Gasteiger partial charge is 0.339 e. The zero-order valence-electron chi connectivity index (χ0n) is 15.7. The van der Waals surface area contributed by atoms with E-state index in [1.165, 1.54) is 13.3 Å². The molecule has 0 saturated carbocycles. The summed E-state index contributed by atoms with van der Waals surface area (Å²) in [6.45, 7) is 0.378. The Bertz CT molecular complexity index is 899. The van der Waals surface area contributed by atoms with Gasteiger partial charge in [0.15, 0.2) is 0 Å². The number of methoxy groups -OCH3 is 2. The van der Waals surface area contributed by atoms with E-state index in [-0.39, 0.29) is 5.57 Å². The van der Waals surface area contributed by atoms with Crippen LogP contribution in [0.2, 0.25) is 0 Å². The van der Waals surface area contributed by atoms with Crippen LogP contribution in [0.5, 0.6) is 5.75 Å². The van der Waals surface area contributed by atoms with Gasteiger partial charge >= 0.3 is 5.97 Å². The molecule has 0 spiro atoms. The summed E-state index contributed by atoms with van der Waals surface area (Å²) in [5.74, 6) is -0.251. The van der Waals surface area contributed by atoms with E-state index in [0.717, 1.165) is 11.3 Å². The zero-order valence-corrected chi connectivity index (χ0v) is 15.7. The van der Waals surface area contributed by atoms with Crippen molar-refractivity contribution in [2.24, 2.45) is 0 Å². The van der Waals surface area contributed by atoms with Crippen molar-refractivity contribution in [2.45, 2.75) is 6.42 Å². The highest BCUT2D eigenvalue weighted by atomic mass is 16.5. The van der Waals surface area contributed by atoms with Gasteiger partial charge in [0.05, 0.1) is 25.5 Å². The minimum Gasteiger partial charge on any atom is -0.497 e. The van der Waals surface area contributed by atoms with Gasteiger partial charge in [-0.25, -0.2) is 4.79 Å². The molecule has 0 radical (unpaired) electrons. The number of hydrogen-bond donors (Lipinski definition) is 2. The van der Waals surface area contributed by atoms with E-state index in [1.807, 2.05) is 30.3 Å². The number of para-hydroxylation sites is 1. The maximum Gasteiger partial charge on any atom is 0.339 e. The number of carbonyl (C=O) groups is 2. The fourth-order valence-electron chi connectivity index (χ4n) is 2.40. The van der Waals surface area contributed by atoms with Gasteiger partial charge < -0.3 is 20.1 Å². The topological polar surface area (TPSA) is 100 Å². The van der Waals surface area contributed by atoms with Crippen LogP contribution in [0.25, 0.3) is 0 Å². The van der Waals surface area contributed by atoms with Crippen molar-refractivity contribution in [1.82, 2.24) is 5.32 Å². The molecule has 0 aliphatic carbocycles. The minimum atomic E-state index is -0.515. The highest BCUT2D eigenvalue weighted by Gasteiger charge is 2.12. The molecule has 0 fully saturated rings. The van der Waals surface area contributed by atoms with Crippen molar-refractivity contribution in [3.05, 3.63) is 71.4 Å². The number of carbonyl (C=O) groups excluding carboxylic acids is 2. The summed E-state index contributed by atoms with van der Waals surface area (Å²) < 4.78 is 9.82. The predicted molar refractivity (Wildman–Crippen MR) is 105 cm³/mol. The Labute approximate surface area is 163 Å². The number of benzene rings is 2. The summed E-state index contributed by atoms with van der Waals surface area (Å²) in [5.41, 5.74) is 1.68. The Morgan fingerprint density at radius 2 is 1.82 bits per heavy atom. The van der Waals surface area contributed by atoms with Gasteiger partial charge in [-0.3, -0.25) is 4.79 Å². The van der Waals surface area contributed by atoms with Crippen LogP contribution in [-0.4, -0.2) is 32.6 Å². The molecule has 7 nitrogen and oxygen atoms in total. The van der Waals surface area contributed by atoms with Gasteiger partial charge in [-0.05, 0) is 36.2 Å². The molecule has 1 amide bonds. The first-order valence-electron chi connectivity index (χ1n) is 8.54. The van der Waals surface area contributed by atoms with Gasteiger partial charge in [0, 0.05) is 12.7 Å². The third-order valence-electron chi connectivity index (χ3n) is 3.93. The van der Waals surface area contributed by atoms with E-state index in [2.05, 4.69) is 10.6 Å². The Hall–Kier alpha value is -3.79. The third kappa shape index (κ3) is 5.61. The largest absolute Gasteiger partial charge is 0.497 e. The first kappa shape index (κ1) is 20.5. The predicted octanol–water partition coefficient (Wildman–Crippen LogP) is 2.66. The van der Waals surface area contributed by atoms with Crippen LogP contribution in [0.4, 0.5) is 5.69 Å². The van der Waals surface area contributed by atoms with Crippen molar-refractivity contribution in [1.29, 1.82) is 5.26 Å². The van der Waals surface area contributed by atoms with Crippen LogP contribution < -0.4 is 15.4 Å². The lowest BCUT2D eigenvalue weighted by molar-refractivity contribution is -0.117. The molecular weight excluding hydrogens is 358 g/mol. The molecule has 0 aliphatic rings. The monoisotopic (exact) mass is 379 g/mol. The molecule has 0 saturated heterocycles. The van der Waals surface area contributed by atoms with Crippen molar-refractivity contribution in [3.8, 4) is 11.8 Å². The summed E-state index contributed by atoms with van der Waals surface area (Å²) in [6.07, 6.45) is 1.89. The number of hydrogen-bond acceptors (Lipinski definition) is 6. The van der Waals surface area contributed by atoms with Crippen molar-refractivity contribution < 1.29 is 19.1 Å². The van der Waals surface area contributed by atoms with Crippen LogP contribution in [0.3, 0.4) is 0 Å². The van der Waals surface area contributed by atoms with Crippen molar-refractivity contribution in [3.63, 3.8) is 0 Å². The number of esters is 1. The third-order valence-corrected chi connectivity index (χ3v) is 3.93. The van der Waals surface area contributed by atoms with Crippen LogP contribution >= 0.6 is 0 Å². The molecule has 0 atom stereocenters. The lowest BCUT2D eigenvalue weighted by Crippen LogP contribution is -2.27. The van der Waals surface area contributed by atoms with Gasteiger partial charge in [0.25, 0.3) is 5.91 Å². The highest BCUT2D eigenvalue weighted by molar-refractivity contribution is 5.98. The van der Waals surface area contributed by atoms with Crippen molar-refractivity contribution in [2.75, 3.05) is 26.1 Å². The highest BCUT2D eigenvalue weighted by Crippen LogP contribution is 2.16. The van der Waals surface area contributed by atoms with Crippen LogP contribution in [0.15, 0.2) is 60.3 Å². The molecule has 2 aromatic rings. The number of anilines is 1. The Morgan fingerprint density at radius 3 is 2.46 bits per heavy atom. The first-order chi connectivity index (χ1) is 13.6. The molecule has 0 aromatic heterocycles. The Morgan fingerprint density at radius 1 is 1.11 bits per heavy atom. The SMILES string of the molecule is COC(=O)c1ccccc1N/C=C(/C#N)C(=O)NCCc1ccc(OC)cc1. The lowest BCUT2D eigenvalue weighted by Gasteiger charge is -2.08. The number of nitriles is 1. The number of rotatable bonds is 8. The molecule has 2 N–H and O–H groups in total. The lowest BCUT2D eigenvalue weighted by atomic mass is 10.1. The number of amides is 1. The maximum absolute atomic E-state index is 12.2. The van der Waals surface area contributed by atoms with E-state index in [1.54, 1.807) is 31.4 Å². The van der Waals surface area contributed by atoms with Crippen LogP contribution in [0.1, 0.15) is 15.9 Å². The number of nitrogens with zero attached hydrogens (tertiary/aromatic N) is 1. The van der Waals surface area contributed by atoms with Gasteiger partial charge in [-0.15, -0.1) is 0 Å². The molecule has 2 aromatic carbocycles. The summed E-state index contributed by atoms with van der Waals surface area (Å²) in [7, 11) is 2.88. The van der Waals surface area contributed by atoms with Gasteiger partial charge in [0.2, 0.25) is 0 Å².